The van der Waals surface area contributed by atoms with Gasteiger partial charge in [0, 0.05) is 12.6 Å². The summed E-state index contributed by atoms with van der Waals surface area (Å²) in [6.07, 6.45) is 3.91. The zero-order valence-electron chi connectivity index (χ0n) is 12.8. The summed E-state index contributed by atoms with van der Waals surface area (Å²) in [4.78, 5) is 12.5. The van der Waals surface area contributed by atoms with Gasteiger partial charge < -0.3 is 9.88 Å². The number of nitrogens with one attached hydrogen (secondary N) is 1. The fourth-order valence-electron chi connectivity index (χ4n) is 3.16. The van der Waals surface area contributed by atoms with Crippen molar-refractivity contribution < 1.29 is 4.39 Å². The van der Waals surface area contributed by atoms with Crippen molar-refractivity contribution in [2.45, 2.75) is 31.8 Å². The molecule has 21 heavy (non-hydrogen) atoms. The van der Waals surface area contributed by atoms with Crippen LogP contribution in [0.5, 0.6) is 0 Å². The van der Waals surface area contributed by atoms with Crippen LogP contribution in [0.1, 0.15) is 25.1 Å². The molecule has 1 aliphatic heterocycles. The molecule has 5 heteroatoms. The Hall–Kier alpha value is -1.46. The number of rotatable bonds is 4. The predicted molar refractivity (Wildman–Crippen MR) is 82.7 cm³/mol. The maximum atomic E-state index is 13.2. The van der Waals surface area contributed by atoms with Crippen molar-refractivity contribution in [3.8, 4) is 0 Å². The van der Waals surface area contributed by atoms with Gasteiger partial charge in [0.1, 0.15) is 11.6 Å². The van der Waals surface area contributed by atoms with Crippen molar-refractivity contribution in [2.24, 2.45) is 0 Å². The van der Waals surface area contributed by atoms with Gasteiger partial charge in [0.25, 0.3) is 0 Å². The number of aromatic amines is 1. The molecule has 2 aromatic rings. The highest BCUT2D eigenvalue weighted by atomic mass is 19.1. The number of H-pyrrole nitrogens is 1. The van der Waals surface area contributed by atoms with E-state index in [0.29, 0.717) is 6.04 Å². The fourth-order valence-corrected chi connectivity index (χ4v) is 3.16. The molecule has 0 radical (unpaired) electrons. The first-order valence-electron chi connectivity index (χ1n) is 7.65. The second kappa shape index (κ2) is 6.12. The van der Waals surface area contributed by atoms with Crippen LogP contribution in [0, 0.1) is 5.82 Å². The number of halogens is 1. The van der Waals surface area contributed by atoms with E-state index in [1.165, 1.54) is 37.9 Å². The van der Waals surface area contributed by atoms with Crippen molar-refractivity contribution in [1.29, 1.82) is 0 Å². The number of imidazole rings is 1. The normalized spacial score (nSPS) is 20.5. The van der Waals surface area contributed by atoms with E-state index in [4.69, 9.17) is 0 Å². The molecular formula is C16H23FN4. The van der Waals surface area contributed by atoms with Crippen molar-refractivity contribution in [3.63, 3.8) is 0 Å². The van der Waals surface area contributed by atoms with Crippen molar-refractivity contribution in [2.75, 3.05) is 27.2 Å². The summed E-state index contributed by atoms with van der Waals surface area (Å²) in [6, 6.07) is 5.30. The van der Waals surface area contributed by atoms with Crippen molar-refractivity contribution >= 4 is 11.0 Å². The van der Waals surface area contributed by atoms with E-state index in [1.54, 1.807) is 6.07 Å². The molecule has 2 heterocycles. The van der Waals surface area contributed by atoms with Crippen LogP contribution < -0.4 is 0 Å². The van der Waals surface area contributed by atoms with Gasteiger partial charge in [-0.25, -0.2) is 9.37 Å². The molecule has 1 aromatic carbocycles. The van der Waals surface area contributed by atoms with Gasteiger partial charge in [0.05, 0.1) is 17.6 Å². The quantitative estimate of drug-likeness (QED) is 0.940. The van der Waals surface area contributed by atoms with Crippen LogP contribution in [0.15, 0.2) is 18.2 Å². The molecule has 0 amide bonds. The van der Waals surface area contributed by atoms with E-state index in [0.717, 1.165) is 29.9 Å². The lowest BCUT2D eigenvalue weighted by Gasteiger charge is -2.35. The van der Waals surface area contributed by atoms with Gasteiger partial charge >= 0.3 is 0 Å². The van der Waals surface area contributed by atoms with Gasteiger partial charge in [-0.15, -0.1) is 0 Å². The molecule has 0 aliphatic carbocycles. The second-order valence-corrected chi connectivity index (χ2v) is 6.17. The smallest absolute Gasteiger partial charge is 0.125 e. The second-order valence-electron chi connectivity index (χ2n) is 6.17. The average molecular weight is 290 g/mol. The molecule has 1 fully saturated rings. The molecule has 4 nitrogen and oxygen atoms in total. The molecule has 0 saturated carbocycles. The van der Waals surface area contributed by atoms with Crippen LogP contribution in [-0.2, 0) is 6.54 Å². The van der Waals surface area contributed by atoms with E-state index in [1.807, 2.05) is 0 Å². The Labute approximate surface area is 125 Å². The maximum absolute atomic E-state index is 13.2. The number of piperidine rings is 1. The van der Waals surface area contributed by atoms with E-state index in [2.05, 4.69) is 33.9 Å². The van der Waals surface area contributed by atoms with Gasteiger partial charge in [0.15, 0.2) is 0 Å². The molecule has 1 saturated heterocycles. The Bertz CT molecular complexity index is 609. The lowest BCUT2D eigenvalue weighted by atomic mass is 10.0. The van der Waals surface area contributed by atoms with Crippen LogP contribution in [0.2, 0.25) is 0 Å². The van der Waals surface area contributed by atoms with Crippen LogP contribution in [0.25, 0.3) is 11.0 Å². The summed E-state index contributed by atoms with van der Waals surface area (Å²) in [5.74, 6) is 0.673. The van der Waals surface area contributed by atoms with E-state index in [-0.39, 0.29) is 5.82 Å². The number of fused-ring (bicyclic) bond motifs is 1. The van der Waals surface area contributed by atoms with E-state index < -0.39 is 0 Å². The monoisotopic (exact) mass is 290 g/mol. The van der Waals surface area contributed by atoms with Gasteiger partial charge in [-0.1, -0.05) is 6.42 Å². The van der Waals surface area contributed by atoms with Crippen LogP contribution >= 0.6 is 0 Å². The van der Waals surface area contributed by atoms with Crippen LogP contribution in [0.3, 0.4) is 0 Å². The number of likely N-dealkylation sites (tertiary alicyclic amines) is 1. The Kier molecular flexibility index (Phi) is 4.22. The summed E-state index contributed by atoms with van der Waals surface area (Å²) >= 11 is 0. The summed E-state index contributed by atoms with van der Waals surface area (Å²) in [5, 5.41) is 0. The Balaban J connectivity index is 1.64. The van der Waals surface area contributed by atoms with Crippen LogP contribution in [0.4, 0.5) is 4.39 Å². The van der Waals surface area contributed by atoms with E-state index in [9.17, 15) is 4.39 Å². The van der Waals surface area contributed by atoms with Gasteiger partial charge in [-0.3, -0.25) is 4.90 Å². The molecule has 0 bridgehead atoms. The third kappa shape index (κ3) is 3.41. The largest absolute Gasteiger partial charge is 0.341 e. The number of nitrogens with zero attached hydrogens (tertiary/aromatic N) is 3. The summed E-state index contributed by atoms with van der Waals surface area (Å²) in [5.41, 5.74) is 1.60. The summed E-state index contributed by atoms with van der Waals surface area (Å²) in [7, 11) is 4.33. The molecule has 1 aromatic heterocycles. The first-order chi connectivity index (χ1) is 10.1. The minimum Gasteiger partial charge on any atom is -0.341 e. The standard InChI is InChI=1S/C16H23FN4/c1-20(10-13-5-3-4-8-21(13)2)11-16-18-14-7-6-12(17)9-15(14)19-16/h6-7,9,13H,3-5,8,10-11H2,1-2H3,(H,18,19)/t13-/m0/s1. The topological polar surface area (TPSA) is 35.2 Å². The first-order valence-corrected chi connectivity index (χ1v) is 7.65. The molecule has 0 spiro atoms. The molecule has 1 N–H and O–H groups in total. The Morgan fingerprint density at radius 1 is 1.43 bits per heavy atom. The van der Waals surface area contributed by atoms with Gasteiger partial charge in [-0.2, -0.15) is 0 Å². The van der Waals surface area contributed by atoms with Gasteiger partial charge in [0.2, 0.25) is 0 Å². The first kappa shape index (κ1) is 14.5. The number of likely N-dealkylation sites (N-methyl/N-ethyl adjacent to an activating group) is 2. The van der Waals surface area contributed by atoms with Crippen LogP contribution in [-0.4, -0.2) is 53.0 Å². The highest BCUT2D eigenvalue weighted by molar-refractivity contribution is 5.74. The molecule has 3 rings (SSSR count). The summed E-state index contributed by atoms with van der Waals surface area (Å²) in [6.45, 7) is 3.00. The fraction of sp³-hybridized carbons (Fsp3) is 0.562. The van der Waals surface area contributed by atoms with Gasteiger partial charge in [-0.05, 0) is 51.7 Å². The lowest BCUT2D eigenvalue weighted by molar-refractivity contribution is 0.137. The molecule has 114 valence electrons. The van der Waals surface area contributed by atoms with Crippen molar-refractivity contribution in [3.05, 3.63) is 29.8 Å². The summed E-state index contributed by atoms with van der Waals surface area (Å²) < 4.78 is 13.2. The number of hydrogen-bond acceptors (Lipinski definition) is 3. The number of hydrogen-bond donors (Lipinski definition) is 1. The third-order valence-corrected chi connectivity index (χ3v) is 4.36. The highest BCUT2D eigenvalue weighted by Crippen LogP contribution is 2.17. The zero-order valence-corrected chi connectivity index (χ0v) is 12.8. The number of benzene rings is 1. The molecule has 1 atom stereocenters. The molecule has 0 unspecified atom stereocenters. The maximum Gasteiger partial charge on any atom is 0.125 e. The molecule has 1 aliphatic rings. The lowest BCUT2D eigenvalue weighted by Crippen LogP contribution is -2.43. The van der Waals surface area contributed by atoms with E-state index >= 15 is 0 Å². The Morgan fingerprint density at radius 2 is 2.29 bits per heavy atom. The predicted octanol–water partition coefficient (Wildman–Crippen LogP) is 2.62. The Morgan fingerprint density at radius 3 is 3.10 bits per heavy atom. The minimum absolute atomic E-state index is 0.227. The highest BCUT2D eigenvalue weighted by Gasteiger charge is 2.20. The van der Waals surface area contributed by atoms with Crippen molar-refractivity contribution in [1.82, 2.24) is 19.8 Å². The minimum atomic E-state index is -0.227. The average Bonchev–Trinajstić information content (AvgIpc) is 2.82. The third-order valence-electron chi connectivity index (χ3n) is 4.36. The SMILES string of the molecule is CN(Cc1nc2ccc(F)cc2[nH]1)C[C@@H]1CCCCN1C. The zero-order chi connectivity index (χ0) is 14.8. The molecular weight excluding hydrogens is 267 g/mol. The number of aromatic nitrogens is 2.